The topological polar surface area (TPSA) is 122 Å². The molecule has 0 saturated carbocycles. The number of sulfonamides is 1. The number of benzene rings is 3. The zero-order chi connectivity index (χ0) is 26.6. The van der Waals surface area contributed by atoms with Gasteiger partial charge in [0, 0.05) is 18.2 Å². The fraction of sp³-hybridized carbons (Fsp3) is 0.259. The third kappa shape index (κ3) is 5.76. The average molecular weight is 525 g/mol. The highest BCUT2D eigenvalue weighted by molar-refractivity contribution is 7.89. The summed E-state index contributed by atoms with van der Waals surface area (Å²) < 4.78 is 38.0. The van der Waals surface area contributed by atoms with E-state index in [0.29, 0.717) is 17.1 Å². The molecule has 0 radical (unpaired) electrons. The molecule has 1 saturated heterocycles. The van der Waals surface area contributed by atoms with Gasteiger partial charge in [0.1, 0.15) is 17.5 Å². The Balaban J connectivity index is 1.47. The first-order chi connectivity index (χ1) is 17.7. The monoisotopic (exact) mass is 524 g/mol. The number of ether oxygens (including phenoxy) is 2. The fourth-order valence-corrected chi connectivity index (χ4v) is 5.94. The van der Waals surface area contributed by atoms with Crippen molar-refractivity contribution in [1.82, 2.24) is 9.62 Å². The zero-order valence-corrected chi connectivity index (χ0v) is 21.3. The standard InChI is InChI=1S/C27H28N2O7S/c1-35-22-9-3-18(4-10-22)19-7-13-24(14-8-19)37(33,34)29-16-15-21(17-25(29)27(31)32)28-26(30)20-5-11-23(36-2)12-6-20/h3-14,21,25H,15-17H2,1-2H3,(H,28,30)(H,31,32)/t21-,25-/m1/s1. The van der Waals surface area contributed by atoms with Crippen LogP contribution in [0.15, 0.2) is 77.7 Å². The van der Waals surface area contributed by atoms with Crippen LogP contribution in [0, 0.1) is 0 Å². The molecule has 1 fully saturated rings. The molecule has 194 valence electrons. The van der Waals surface area contributed by atoms with Crippen molar-refractivity contribution in [2.45, 2.75) is 29.8 Å². The Morgan fingerprint density at radius 2 is 1.38 bits per heavy atom. The van der Waals surface area contributed by atoms with Crippen molar-refractivity contribution in [1.29, 1.82) is 0 Å². The number of hydrogen-bond acceptors (Lipinski definition) is 6. The van der Waals surface area contributed by atoms with Gasteiger partial charge in [-0.15, -0.1) is 0 Å². The molecule has 37 heavy (non-hydrogen) atoms. The number of aliphatic carboxylic acids is 1. The molecule has 2 atom stereocenters. The molecule has 1 heterocycles. The molecule has 2 N–H and O–H groups in total. The molecule has 1 aliphatic rings. The van der Waals surface area contributed by atoms with Crippen LogP contribution >= 0.6 is 0 Å². The van der Waals surface area contributed by atoms with Crippen molar-refractivity contribution in [3.8, 4) is 22.6 Å². The normalized spacial score (nSPS) is 18.1. The predicted octanol–water partition coefficient (Wildman–Crippen LogP) is 3.41. The van der Waals surface area contributed by atoms with Crippen LogP contribution in [0.3, 0.4) is 0 Å². The van der Waals surface area contributed by atoms with Gasteiger partial charge in [-0.25, -0.2) is 8.42 Å². The maximum absolute atomic E-state index is 13.4. The number of carbonyl (C=O) groups is 2. The first kappa shape index (κ1) is 26.2. The van der Waals surface area contributed by atoms with Gasteiger partial charge < -0.3 is 19.9 Å². The molecule has 3 aromatic carbocycles. The number of nitrogens with zero attached hydrogens (tertiary/aromatic N) is 1. The van der Waals surface area contributed by atoms with Gasteiger partial charge >= 0.3 is 5.97 Å². The number of carbonyl (C=O) groups excluding carboxylic acids is 1. The maximum atomic E-state index is 13.4. The van der Waals surface area contributed by atoms with Gasteiger partial charge in [-0.1, -0.05) is 24.3 Å². The maximum Gasteiger partial charge on any atom is 0.322 e. The van der Waals surface area contributed by atoms with Crippen molar-refractivity contribution < 1.29 is 32.6 Å². The molecule has 0 bridgehead atoms. The Morgan fingerprint density at radius 1 is 0.865 bits per heavy atom. The fourth-order valence-electron chi connectivity index (χ4n) is 4.34. The molecule has 1 aliphatic heterocycles. The molecule has 0 spiro atoms. The highest BCUT2D eigenvalue weighted by Crippen LogP contribution is 2.29. The minimum atomic E-state index is -4.07. The molecule has 3 aromatic rings. The summed E-state index contributed by atoms with van der Waals surface area (Å²) in [6.07, 6.45) is 0.245. The lowest BCUT2D eigenvalue weighted by molar-refractivity contribution is -0.142. The summed E-state index contributed by atoms with van der Waals surface area (Å²) in [4.78, 5) is 24.7. The molecular formula is C27H28N2O7S. The summed E-state index contributed by atoms with van der Waals surface area (Å²) >= 11 is 0. The number of carboxylic acid groups (broad SMARTS) is 1. The molecule has 0 aromatic heterocycles. The first-order valence-corrected chi connectivity index (χ1v) is 13.1. The van der Waals surface area contributed by atoms with E-state index in [9.17, 15) is 23.1 Å². The van der Waals surface area contributed by atoms with Gasteiger partial charge in [0.2, 0.25) is 10.0 Å². The summed E-state index contributed by atoms with van der Waals surface area (Å²) in [5.74, 6) is -0.298. The van der Waals surface area contributed by atoms with Crippen molar-refractivity contribution in [3.63, 3.8) is 0 Å². The molecular weight excluding hydrogens is 496 g/mol. The number of rotatable bonds is 8. The SMILES string of the molecule is COc1ccc(C(=O)N[C@@H]2CCN(S(=O)(=O)c3ccc(-c4ccc(OC)cc4)cc3)[C@@H](C(=O)O)C2)cc1. The quantitative estimate of drug-likeness (QED) is 0.463. The van der Waals surface area contributed by atoms with Gasteiger partial charge in [0.05, 0.1) is 19.1 Å². The average Bonchev–Trinajstić information content (AvgIpc) is 2.93. The van der Waals surface area contributed by atoms with Crippen LogP contribution in [0.4, 0.5) is 0 Å². The number of piperidine rings is 1. The number of methoxy groups -OCH3 is 2. The Labute approximate surface area is 215 Å². The van der Waals surface area contributed by atoms with Gasteiger partial charge in [0.15, 0.2) is 0 Å². The van der Waals surface area contributed by atoms with Crippen LogP contribution in [0.5, 0.6) is 11.5 Å². The minimum Gasteiger partial charge on any atom is -0.497 e. The van der Waals surface area contributed by atoms with E-state index in [-0.39, 0.29) is 30.2 Å². The van der Waals surface area contributed by atoms with Crippen LogP contribution in [0.25, 0.3) is 11.1 Å². The van der Waals surface area contributed by atoms with E-state index < -0.39 is 28.1 Å². The number of carboxylic acids is 1. The second-order valence-corrected chi connectivity index (χ2v) is 10.5. The van der Waals surface area contributed by atoms with Gasteiger partial charge in [0.25, 0.3) is 5.91 Å². The summed E-state index contributed by atoms with van der Waals surface area (Å²) in [5, 5.41) is 12.7. The largest absolute Gasteiger partial charge is 0.497 e. The van der Waals surface area contributed by atoms with Crippen molar-refractivity contribution in [3.05, 3.63) is 78.4 Å². The second kappa shape index (κ2) is 11.0. The summed E-state index contributed by atoms with van der Waals surface area (Å²) in [6.45, 7) is -0.0346. The van der Waals surface area contributed by atoms with Crippen molar-refractivity contribution in [2.24, 2.45) is 0 Å². The highest BCUT2D eigenvalue weighted by atomic mass is 32.2. The molecule has 9 nitrogen and oxygen atoms in total. The first-order valence-electron chi connectivity index (χ1n) is 11.7. The van der Waals surface area contributed by atoms with Crippen LogP contribution < -0.4 is 14.8 Å². The highest BCUT2D eigenvalue weighted by Gasteiger charge is 2.41. The summed E-state index contributed by atoms with van der Waals surface area (Å²) in [7, 11) is -0.966. The van der Waals surface area contributed by atoms with E-state index in [1.54, 1.807) is 43.5 Å². The van der Waals surface area contributed by atoms with Crippen LogP contribution in [-0.2, 0) is 14.8 Å². The molecule has 1 amide bonds. The number of hydrogen-bond donors (Lipinski definition) is 2. The van der Waals surface area contributed by atoms with E-state index in [1.165, 1.54) is 19.2 Å². The van der Waals surface area contributed by atoms with Crippen LogP contribution in [0.2, 0.25) is 0 Å². The Kier molecular flexibility index (Phi) is 7.80. The Morgan fingerprint density at radius 3 is 1.89 bits per heavy atom. The van der Waals surface area contributed by atoms with Gasteiger partial charge in [-0.05, 0) is 72.5 Å². The number of amides is 1. The lowest BCUT2D eigenvalue weighted by Gasteiger charge is -2.36. The zero-order valence-electron chi connectivity index (χ0n) is 20.5. The third-order valence-corrected chi connectivity index (χ3v) is 8.33. The van der Waals surface area contributed by atoms with Gasteiger partial charge in [-0.3, -0.25) is 9.59 Å². The predicted molar refractivity (Wildman–Crippen MR) is 137 cm³/mol. The Hall–Kier alpha value is -3.89. The summed E-state index contributed by atoms with van der Waals surface area (Å²) in [5.41, 5.74) is 2.11. The lowest BCUT2D eigenvalue weighted by Crippen LogP contribution is -2.54. The minimum absolute atomic E-state index is 0.0109. The molecule has 4 rings (SSSR count). The number of nitrogens with one attached hydrogen (secondary N) is 1. The van der Waals surface area contributed by atoms with E-state index >= 15 is 0 Å². The second-order valence-electron chi connectivity index (χ2n) is 8.65. The lowest BCUT2D eigenvalue weighted by atomic mass is 9.99. The molecule has 10 heteroatoms. The van der Waals surface area contributed by atoms with Gasteiger partial charge in [-0.2, -0.15) is 4.31 Å². The van der Waals surface area contributed by atoms with Crippen LogP contribution in [0.1, 0.15) is 23.2 Å². The van der Waals surface area contributed by atoms with E-state index in [4.69, 9.17) is 9.47 Å². The van der Waals surface area contributed by atoms with E-state index in [0.717, 1.165) is 15.4 Å². The Bertz CT molecular complexity index is 1360. The molecule has 0 aliphatic carbocycles. The van der Waals surface area contributed by atoms with E-state index in [1.807, 2.05) is 24.3 Å². The van der Waals surface area contributed by atoms with Crippen molar-refractivity contribution in [2.75, 3.05) is 20.8 Å². The summed E-state index contributed by atoms with van der Waals surface area (Å²) in [6, 6.07) is 18.4. The van der Waals surface area contributed by atoms with Crippen LogP contribution in [-0.4, -0.2) is 62.6 Å². The molecule has 0 unspecified atom stereocenters. The third-order valence-electron chi connectivity index (χ3n) is 6.41. The smallest absolute Gasteiger partial charge is 0.322 e. The van der Waals surface area contributed by atoms with Crippen molar-refractivity contribution >= 4 is 21.9 Å². The van der Waals surface area contributed by atoms with E-state index in [2.05, 4.69) is 5.32 Å².